The molecule has 0 aromatic carbocycles. The van der Waals surface area contributed by atoms with Crippen LogP contribution in [-0.2, 0) is 0 Å². The van der Waals surface area contributed by atoms with Crippen molar-refractivity contribution in [2.75, 3.05) is 0 Å². The van der Waals surface area contributed by atoms with Crippen LogP contribution in [0.15, 0.2) is 12.2 Å². The van der Waals surface area contributed by atoms with Gasteiger partial charge in [-0.1, -0.05) is 26.0 Å². The van der Waals surface area contributed by atoms with Gasteiger partial charge in [0.25, 0.3) is 0 Å². The second kappa shape index (κ2) is 2.44. The minimum absolute atomic E-state index is 0.162. The van der Waals surface area contributed by atoms with Crippen molar-refractivity contribution in [1.29, 1.82) is 0 Å². The summed E-state index contributed by atoms with van der Waals surface area (Å²) in [7, 11) is 0. The van der Waals surface area contributed by atoms with Gasteiger partial charge in [0.05, 0.1) is 6.10 Å². The highest BCUT2D eigenvalue weighted by Crippen LogP contribution is 2.69. The van der Waals surface area contributed by atoms with Crippen molar-refractivity contribution in [3.63, 3.8) is 0 Å². The zero-order valence-electron chi connectivity index (χ0n) is 9.16. The van der Waals surface area contributed by atoms with E-state index in [1.54, 1.807) is 0 Å². The van der Waals surface area contributed by atoms with Gasteiger partial charge in [-0.3, -0.25) is 0 Å². The van der Waals surface area contributed by atoms with Crippen molar-refractivity contribution in [3.8, 4) is 0 Å². The first-order chi connectivity index (χ1) is 6.60. The Morgan fingerprint density at radius 1 is 1.29 bits per heavy atom. The molecule has 0 amide bonds. The van der Waals surface area contributed by atoms with Crippen molar-refractivity contribution in [1.82, 2.24) is 0 Å². The third kappa shape index (κ3) is 0.735. The highest BCUT2D eigenvalue weighted by Gasteiger charge is 2.65. The van der Waals surface area contributed by atoms with Crippen LogP contribution in [0.2, 0.25) is 0 Å². The first-order valence-corrected chi connectivity index (χ1v) is 5.98. The Morgan fingerprint density at radius 2 is 2.07 bits per heavy atom. The molecule has 1 heteroatoms. The van der Waals surface area contributed by atoms with E-state index in [9.17, 15) is 5.11 Å². The molecule has 14 heavy (non-hydrogen) atoms. The molecular weight excluding hydrogens is 172 g/mol. The fourth-order valence-corrected chi connectivity index (χ4v) is 4.72. The van der Waals surface area contributed by atoms with Gasteiger partial charge >= 0.3 is 0 Å². The van der Waals surface area contributed by atoms with Crippen LogP contribution in [0.5, 0.6) is 0 Å². The fourth-order valence-electron chi connectivity index (χ4n) is 4.72. The van der Waals surface area contributed by atoms with Gasteiger partial charge in [0.1, 0.15) is 0 Å². The molecule has 5 atom stereocenters. The van der Waals surface area contributed by atoms with Gasteiger partial charge in [0.15, 0.2) is 0 Å². The number of allylic oxidation sites excluding steroid dienone is 1. The second-order valence-corrected chi connectivity index (χ2v) is 5.92. The lowest BCUT2D eigenvalue weighted by Gasteiger charge is -2.41. The zero-order chi connectivity index (χ0) is 9.97. The summed E-state index contributed by atoms with van der Waals surface area (Å²) in [6.45, 7) is 4.73. The Morgan fingerprint density at radius 3 is 2.86 bits per heavy atom. The van der Waals surface area contributed by atoms with Crippen LogP contribution in [0.3, 0.4) is 0 Å². The Hall–Kier alpha value is -0.300. The molecule has 1 nitrogen and oxygen atoms in total. The lowest BCUT2D eigenvalue weighted by molar-refractivity contribution is -0.00490. The van der Waals surface area contributed by atoms with E-state index >= 15 is 0 Å². The number of rotatable bonds is 0. The van der Waals surface area contributed by atoms with E-state index in [0.717, 1.165) is 11.8 Å². The molecule has 78 valence electrons. The van der Waals surface area contributed by atoms with E-state index in [1.807, 2.05) is 0 Å². The molecule has 0 bridgehead atoms. The lowest BCUT2D eigenvalue weighted by atomic mass is 9.64. The summed E-state index contributed by atoms with van der Waals surface area (Å²) in [5, 5.41) is 10.3. The monoisotopic (exact) mass is 192 g/mol. The van der Waals surface area contributed by atoms with E-state index in [0.29, 0.717) is 5.41 Å². The summed E-state index contributed by atoms with van der Waals surface area (Å²) >= 11 is 0. The van der Waals surface area contributed by atoms with E-state index in [4.69, 9.17) is 0 Å². The third-order valence-corrected chi connectivity index (χ3v) is 5.57. The van der Waals surface area contributed by atoms with E-state index in [-0.39, 0.29) is 11.5 Å². The van der Waals surface area contributed by atoms with Gasteiger partial charge in [0, 0.05) is 5.41 Å². The molecule has 0 aliphatic heterocycles. The molecule has 0 saturated heterocycles. The predicted octanol–water partition coefficient (Wildman–Crippen LogP) is 2.75. The van der Waals surface area contributed by atoms with Crippen molar-refractivity contribution in [2.24, 2.45) is 22.7 Å². The van der Waals surface area contributed by atoms with Gasteiger partial charge in [0.2, 0.25) is 0 Å². The smallest absolute Gasteiger partial charge is 0.0788 e. The highest BCUT2D eigenvalue weighted by atomic mass is 16.3. The third-order valence-electron chi connectivity index (χ3n) is 5.57. The van der Waals surface area contributed by atoms with Crippen molar-refractivity contribution >= 4 is 0 Å². The van der Waals surface area contributed by atoms with Crippen LogP contribution < -0.4 is 0 Å². The van der Waals surface area contributed by atoms with Crippen molar-refractivity contribution in [3.05, 3.63) is 12.2 Å². The number of hydrogen-bond acceptors (Lipinski definition) is 1. The topological polar surface area (TPSA) is 20.2 Å². The average molecular weight is 192 g/mol. The van der Waals surface area contributed by atoms with Gasteiger partial charge < -0.3 is 5.11 Å². The summed E-state index contributed by atoms with van der Waals surface area (Å²) in [6.07, 6.45) is 9.38. The first-order valence-electron chi connectivity index (χ1n) is 5.98. The first kappa shape index (κ1) is 8.96. The zero-order valence-corrected chi connectivity index (χ0v) is 9.16. The summed E-state index contributed by atoms with van der Waals surface area (Å²) in [4.78, 5) is 0. The summed E-state index contributed by atoms with van der Waals surface area (Å²) < 4.78 is 0. The van der Waals surface area contributed by atoms with Crippen LogP contribution in [0.25, 0.3) is 0 Å². The van der Waals surface area contributed by atoms with Crippen LogP contribution in [0, 0.1) is 22.7 Å². The molecule has 0 aromatic rings. The molecule has 3 aliphatic rings. The minimum Gasteiger partial charge on any atom is -0.388 e. The molecule has 3 rings (SSSR count). The molecule has 0 radical (unpaired) electrons. The lowest BCUT2D eigenvalue weighted by Crippen LogP contribution is -2.41. The van der Waals surface area contributed by atoms with E-state index in [1.165, 1.54) is 25.7 Å². The molecule has 2 saturated carbocycles. The predicted molar refractivity (Wildman–Crippen MR) is 56.8 cm³/mol. The van der Waals surface area contributed by atoms with Crippen molar-refractivity contribution in [2.45, 2.75) is 45.6 Å². The second-order valence-electron chi connectivity index (χ2n) is 5.92. The van der Waals surface area contributed by atoms with Gasteiger partial charge in [-0.15, -0.1) is 0 Å². The molecular formula is C13H20O. The Kier molecular flexibility index (Phi) is 1.56. The number of aliphatic hydroxyl groups is 1. The minimum atomic E-state index is -0.162. The number of hydrogen-bond donors (Lipinski definition) is 1. The SMILES string of the molecule is C[C@@H]1CCC23C(O)C=C[C@]2(C)CC[C@@H]13. The quantitative estimate of drug-likeness (QED) is 0.585. The van der Waals surface area contributed by atoms with Crippen molar-refractivity contribution < 1.29 is 5.11 Å². The maximum Gasteiger partial charge on any atom is 0.0788 e. The van der Waals surface area contributed by atoms with Crippen LogP contribution in [0.1, 0.15) is 39.5 Å². The highest BCUT2D eigenvalue weighted by molar-refractivity contribution is 5.27. The Bertz CT molecular complexity index is 296. The average Bonchev–Trinajstić information content (AvgIpc) is 2.70. The molecule has 2 unspecified atom stereocenters. The fraction of sp³-hybridized carbons (Fsp3) is 0.846. The molecule has 2 fully saturated rings. The molecule has 0 aromatic heterocycles. The Balaban J connectivity index is 2.09. The molecule has 0 heterocycles. The molecule has 3 aliphatic carbocycles. The van der Waals surface area contributed by atoms with Gasteiger partial charge in [-0.2, -0.15) is 0 Å². The van der Waals surface area contributed by atoms with Crippen LogP contribution >= 0.6 is 0 Å². The molecule has 1 spiro atoms. The summed E-state index contributed by atoms with van der Waals surface area (Å²) in [6, 6.07) is 0. The van der Waals surface area contributed by atoms with Gasteiger partial charge in [-0.25, -0.2) is 0 Å². The van der Waals surface area contributed by atoms with Gasteiger partial charge in [-0.05, 0) is 42.9 Å². The molecule has 1 N–H and O–H groups in total. The summed E-state index contributed by atoms with van der Waals surface area (Å²) in [5.74, 6) is 1.60. The Labute approximate surface area is 86.2 Å². The van der Waals surface area contributed by atoms with Crippen LogP contribution in [-0.4, -0.2) is 11.2 Å². The maximum atomic E-state index is 10.3. The normalized spacial score (nSPS) is 60.4. The number of aliphatic hydroxyl groups excluding tert-OH is 1. The summed E-state index contributed by atoms with van der Waals surface area (Å²) in [5.41, 5.74) is 0.536. The standard InChI is InChI=1S/C13H20O/c1-9-3-8-13-10(9)4-6-12(13,2)7-5-11(13)14/h5,7,9-11,14H,3-4,6,8H2,1-2H3/t9-,10+,11?,12+,13?/m1/s1. The largest absolute Gasteiger partial charge is 0.388 e. The van der Waals surface area contributed by atoms with E-state index in [2.05, 4.69) is 26.0 Å². The van der Waals surface area contributed by atoms with Crippen LogP contribution in [0.4, 0.5) is 0 Å². The van der Waals surface area contributed by atoms with E-state index < -0.39 is 0 Å². The maximum absolute atomic E-state index is 10.3.